The highest BCUT2D eigenvalue weighted by molar-refractivity contribution is 7.48. The second kappa shape index (κ2) is 8.13. The number of phosphoric acid groups is 1. The molecule has 7 heteroatoms. The first-order valence-electron chi connectivity index (χ1n) is 2.81. The lowest BCUT2D eigenvalue weighted by atomic mass is 10.9. The van der Waals surface area contributed by atoms with Crippen LogP contribution in [0.1, 0.15) is 6.92 Å². The topological polar surface area (TPSA) is 91.0 Å². The van der Waals surface area contributed by atoms with E-state index in [0.717, 1.165) is 0 Å². The van der Waals surface area contributed by atoms with Crippen molar-refractivity contribution in [2.75, 3.05) is 20.8 Å². The van der Waals surface area contributed by atoms with E-state index in [1.165, 1.54) is 14.2 Å². The molecule has 0 aromatic carbocycles. The second-order valence-electron chi connectivity index (χ2n) is 1.23. The molecule has 0 unspecified atom stereocenters. The van der Waals surface area contributed by atoms with Crippen molar-refractivity contribution in [1.29, 1.82) is 0 Å². The molecule has 70 valence electrons. The Morgan fingerprint density at radius 2 is 1.73 bits per heavy atom. The van der Waals surface area contributed by atoms with Crippen molar-refractivity contribution < 1.29 is 23.3 Å². The highest BCUT2D eigenvalue weighted by atomic mass is 31.2. The van der Waals surface area contributed by atoms with Crippen molar-refractivity contribution in [2.24, 2.45) is 5.90 Å². The van der Waals surface area contributed by atoms with Gasteiger partial charge >= 0.3 is 7.82 Å². The third kappa shape index (κ3) is 7.93. The van der Waals surface area contributed by atoms with Gasteiger partial charge in [0.15, 0.2) is 0 Å². The van der Waals surface area contributed by atoms with E-state index in [1.54, 1.807) is 6.92 Å². The van der Waals surface area contributed by atoms with Crippen molar-refractivity contribution >= 4 is 7.82 Å². The zero-order valence-corrected chi connectivity index (χ0v) is 7.71. The lowest BCUT2D eigenvalue weighted by Gasteiger charge is -2.07. The Morgan fingerprint density at radius 1 is 1.45 bits per heavy atom. The van der Waals surface area contributed by atoms with Crippen molar-refractivity contribution in [2.45, 2.75) is 6.92 Å². The van der Waals surface area contributed by atoms with E-state index in [9.17, 15) is 4.57 Å². The van der Waals surface area contributed by atoms with Gasteiger partial charge in [-0.3, -0.25) is 9.05 Å². The highest BCUT2D eigenvalue weighted by Crippen LogP contribution is 2.45. The fourth-order valence-electron chi connectivity index (χ4n) is 0.161. The molecule has 0 saturated heterocycles. The van der Waals surface area contributed by atoms with Gasteiger partial charge in [0.05, 0.1) is 0 Å². The first-order chi connectivity index (χ1) is 5.10. The maximum Gasteiger partial charge on any atom is 0.490 e. The molecular weight excluding hydrogens is 173 g/mol. The van der Waals surface area contributed by atoms with Gasteiger partial charge in [-0.1, -0.05) is 0 Å². The summed E-state index contributed by atoms with van der Waals surface area (Å²) >= 11 is 0. The van der Waals surface area contributed by atoms with E-state index in [0.29, 0.717) is 0 Å². The standard InChI is InChI=1S/C2H8NO4P.C2H6O/c1-5-8(4,6-2)7-3;1-2-3/h3H2,1-2H3;3H,2H2,1H3. The van der Waals surface area contributed by atoms with Crippen LogP contribution in [-0.4, -0.2) is 25.9 Å². The van der Waals surface area contributed by atoms with E-state index in [-0.39, 0.29) is 6.61 Å². The third-order valence-corrected chi connectivity index (χ3v) is 1.73. The molecule has 0 atom stereocenters. The van der Waals surface area contributed by atoms with Crippen LogP contribution in [-0.2, 0) is 18.2 Å². The van der Waals surface area contributed by atoms with Crippen molar-refractivity contribution in [3.63, 3.8) is 0 Å². The average Bonchev–Trinajstić information content (AvgIpc) is 2.05. The molecule has 6 nitrogen and oxygen atoms in total. The Balaban J connectivity index is 0. The first-order valence-corrected chi connectivity index (χ1v) is 4.27. The minimum Gasteiger partial charge on any atom is -0.397 e. The predicted molar refractivity (Wildman–Crippen MR) is 39.7 cm³/mol. The van der Waals surface area contributed by atoms with E-state index in [2.05, 4.69) is 19.6 Å². The molecule has 0 fully saturated rings. The van der Waals surface area contributed by atoms with Crippen LogP contribution in [0.2, 0.25) is 0 Å². The number of phosphoric ester groups is 1. The Labute approximate surface area is 65.8 Å². The quantitative estimate of drug-likeness (QED) is 0.487. The van der Waals surface area contributed by atoms with Crippen LogP contribution in [0.15, 0.2) is 0 Å². The van der Waals surface area contributed by atoms with Gasteiger partial charge in [-0.2, -0.15) is 0 Å². The number of rotatable bonds is 3. The summed E-state index contributed by atoms with van der Waals surface area (Å²) in [4.78, 5) is 0. The third-order valence-electron chi connectivity index (χ3n) is 0.576. The van der Waals surface area contributed by atoms with E-state index in [1.807, 2.05) is 0 Å². The number of hydrogen-bond acceptors (Lipinski definition) is 6. The van der Waals surface area contributed by atoms with Crippen LogP contribution in [0.25, 0.3) is 0 Å². The fraction of sp³-hybridized carbons (Fsp3) is 1.00. The van der Waals surface area contributed by atoms with Crippen LogP contribution < -0.4 is 5.90 Å². The van der Waals surface area contributed by atoms with E-state index in [4.69, 9.17) is 5.11 Å². The monoisotopic (exact) mass is 187 g/mol. The van der Waals surface area contributed by atoms with Gasteiger partial charge in [-0.05, 0) is 6.92 Å². The molecule has 3 N–H and O–H groups in total. The summed E-state index contributed by atoms with van der Waals surface area (Å²) in [5, 5.41) is 7.57. The Kier molecular flexibility index (Phi) is 10.1. The Bertz CT molecular complexity index is 100. The molecule has 0 aromatic heterocycles. The summed E-state index contributed by atoms with van der Waals surface area (Å²) in [5.74, 6) is 4.51. The summed E-state index contributed by atoms with van der Waals surface area (Å²) in [6, 6.07) is 0. The molecule has 0 radical (unpaired) electrons. The maximum absolute atomic E-state index is 10.5. The van der Waals surface area contributed by atoms with E-state index < -0.39 is 7.82 Å². The molecule has 0 amide bonds. The lowest BCUT2D eigenvalue weighted by molar-refractivity contribution is 0.154. The molecule has 0 spiro atoms. The minimum atomic E-state index is -3.38. The second-order valence-corrected chi connectivity index (χ2v) is 3.07. The largest absolute Gasteiger partial charge is 0.490 e. The molecule has 0 aliphatic rings. The Hall–Kier alpha value is 0.0300. The van der Waals surface area contributed by atoms with Crippen LogP contribution in [0.5, 0.6) is 0 Å². The van der Waals surface area contributed by atoms with Gasteiger partial charge in [-0.15, -0.1) is 0 Å². The molecular formula is C4H14NO5P. The summed E-state index contributed by atoms with van der Waals surface area (Å²) in [6.45, 7) is 1.93. The van der Waals surface area contributed by atoms with Crippen LogP contribution >= 0.6 is 7.82 Å². The van der Waals surface area contributed by atoms with E-state index >= 15 is 0 Å². The molecule has 0 heterocycles. The summed E-state index contributed by atoms with van der Waals surface area (Å²) in [7, 11) is -1.03. The van der Waals surface area contributed by atoms with Gasteiger partial charge in [0.25, 0.3) is 0 Å². The fourth-order valence-corrected chi connectivity index (χ4v) is 0.482. The number of hydrogen-bond donors (Lipinski definition) is 2. The summed E-state index contributed by atoms with van der Waals surface area (Å²) < 4.78 is 22.8. The normalized spacial score (nSPS) is 10.3. The number of nitrogens with two attached hydrogens (primary N) is 1. The van der Waals surface area contributed by atoms with Crippen LogP contribution in [0.4, 0.5) is 0 Å². The molecule has 0 saturated carbocycles. The molecule has 0 aliphatic carbocycles. The van der Waals surface area contributed by atoms with Crippen molar-refractivity contribution in [3.05, 3.63) is 0 Å². The minimum absolute atomic E-state index is 0.250. The Morgan fingerprint density at radius 3 is 1.73 bits per heavy atom. The number of aliphatic hydroxyl groups excluding tert-OH is 1. The summed E-state index contributed by atoms with van der Waals surface area (Å²) in [6.07, 6.45) is 0. The number of aliphatic hydroxyl groups is 1. The van der Waals surface area contributed by atoms with Crippen LogP contribution in [0.3, 0.4) is 0 Å². The molecule has 0 aromatic rings. The lowest BCUT2D eigenvalue weighted by Crippen LogP contribution is -1.99. The maximum atomic E-state index is 10.5. The van der Waals surface area contributed by atoms with Gasteiger partial charge < -0.3 is 5.11 Å². The van der Waals surface area contributed by atoms with Gasteiger partial charge in [0.2, 0.25) is 0 Å². The molecule has 0 bridgehead atoms. The smallest absolute Gasteiger partial charge is 0.397 e. The zero-order valence-electron chi connectivity index (χ0n) is 6.81. The highest BCUT2D eigenvalue weighted by Gasteiger charge is 2.20. The van der Waals surface area contributed by atoms with Crippen molar-refractivity contribution in [3.8, 4) is 0 Å². The van der Waals surface area contributed by atoms with Gasteiger partial charge in [0, 0.05) is 20.8 Å². The SMILES string of the molecule is CCO.COP(=O)(OC)ON. The average molecular weight is 187 g/mol. The predicted octanol–water partition coefficient (Wildman–Crippen LogP) is 0.276. The molecule has 11 heavy (non-hydrogen) atoms. The van der Waals surface area contributed by atoms with Gasteiger partial charge in [0.1, 0.15) is 0 Å². The summed E-state index contributed by atoms with van der Waals surface area (Å²) in [5.41, 5.74) is 0. The van der Waals surface area contributed by atoms with Crippen LogP contribution in [0, 0.1) is 0 Å². The van der Waals surface area contributed by atoms with Crippen molar-refractivity contribution in [1.82, 2.24) is 0 Å². The first kappa shape index (κ1) is 13.6. The molecule has 0 aliphatic heterocycles. The molecule has 0 rings (SSSR count). The zero-order chi connectivity index (χ0) is 9.33. The van der Waals surface area contributed by atoms with Gasteiger partial charge in [-0.25, -0.2) is 15.1 Å².